The maximum atomic E-state index is 5.63. The lowest BCUT2D eigenvalue weighted by atomic mass is 9.76. The molecule has 0 spiro atoms. The molecule has 0 unspecified atom stereocenters. The monoisotopic (exact) mass is 346 g/mol. The quantitative estimate of drug-likeness (QED) is 0.393. The molecule has 0 bridgehead atoms. The standard InChI is InChI=1S/C25H30O/c1-3-5-18-26-19-21-8-12-23(13-9-21)25-16-14-24(15-17-25)22-10-6-20(4-2)7-11-22/h3-13,24-25H,2,14-19H2,1H3/b5-3+/t24-,25-. The van der Waals surface area contributed by atoms with Crippen LogP contribution in [0.3, 0.4) is 0 Å². The molecule has 1 aliphatic carbocycles. The first-order valence-corrected chi connectivity index (χ1v) is 9.80. The summed E-state index contributed by atoms with van der Waals surface area (Å²) in [7, 11) is 0. The molecule has 3 rings (SSSR count). The Morgan fingerprint density at radius 2 is 1.42 bits per heavy atom. The molecule has 1 aliphatic rings. The van der Waals surface area contributed by atoms with Crippen LogP contribution in [0, 0.1) is 0 Å². The summed E-state index contributed by atoms with van der Waals surface area (Å²) in [6.45, 7) is 7.24. The van der Waals surface area contributed by atoms with E-state index in [9.17, 15) is 0 Å². The summed E-state index contributed by atoms with van der Waals surface area (Å²) in [4.78, 5) is 0. The van der Waals surface area contributed by atoms with Crippen LogP contribution in [-0.4, -0.2) is 6.61 Å². The van der Waals surface area contributed by atoms with Gasteiger partial charge in [-0.25, -0.2) is 0 Å². The predicted octanol–water partition coefficient (Wildman–Crippen LogP) is 6.86. The summed E-state index contributed by atoms with van der Waals surface area (Å²) < 4.78 is 5.63. The molecule has 0 aliphatic heterocycles. The van der Waals surface area contributed by atoms with E-state index >= 15 is 0 Å². The first-order valence-electron chi connectivity index (χ1n) is 9.80. The zero-order valence-electron chi connectivity index (χ0n) is 15.9. The van der Waals surface area contributed by atoms with Crippen LogP contribution in [-0.2, 0) is 11.3 Å². The third kappa shape index (κ3) is 4.95. The van der Waals surface area contributed by atoms with Gasteiger partial charge in [-0.3, -0.25) is 0 Å². The highest BCUT2D eigenvalue weighted by Gasteiger charge is 2.23. The van der Waals surface area contributed by atoms with Gasteiger partial charge in [0.2, 0.25) is 0 Å². The lowest BCUT2D eigenvalue weighted by Gasteiger charge is -2.29. The van der Waals surface area contributed by atoms with Crippen molar-refractivity contribution in [2.24, 2.45) is 0 Å². The van der Waals surface area contributed by atoms with Gasteiger partial charge in [-0.15, -0.1) is 0 Å². The van der Waals surface area contributed by atoms with Crippen molar-refractivity contribution in [3.8, 4) is 0 Å². The summed E-state index contributed by atoms with van der Waals surface area (Å²) in [6, 6.07) is 18.0. The number of hydrogen-bond donors (Lipinski definition) is 0. The van der Waals surface area contributed by atoms with Gasteiger partial charge in [-0.2, -0.15) is 0 Å². The Kier molecular flexibility index (Phi) is 6.85. The van der Waals surface area contributed by atoms with E-state index < -0.39 is 0 Å². The summed E-state index contributed by atoms with van der Waals surface area (Å²) in [5, 5.41) is 0. The summed E-state index contributed by atoms with van der Waals surface area (Å²) >= 11 is 0. The van der Waals surface area contributed by atoms with Crippen molar-refractivity contribution in [3.63, 3.8) is 0 Å². The van der Waals surface area contributed by atoms with Gasteiger partial charge >= 0.3 is 0 Å². The molecular weight excluding hydrogens is 316 g/mol. The molecule has 1 heteroatoms. The minimum atomic E-state index is 0.691. The SMILES string of the molecule is C=Cc1ccc([C@H]2CC[C@H](c3ccc(COC/C=C/C)cc3)CC2)cc1. The molecule has 0 atom stereocenters. The van der Waals surface area contributed by atoms with E-state index in [0.717, 1.165) is 0 Å². The van der Waals surface area contributed by atoms with Gasteiger partial charge in [-0.05, 0) is 66.7 Å². The molecule has 2 aromatic rings. The Labute approximate surface area is 158 Å². The van der Waals surface area contributed by atoms with Crippen LogP contribution >= 0.6 is 0 Å². The van der Waals surface area contributed by atoms with Crippen LogP contribution in [0.25, 0.3) is 6.08 Å². The lowest BCUT2D eigenvalue weighted by Crippen LogP contribution is -2.12. The zero-order chi connectivity index (χ0) is 18.2. The van der Waals surface area contributed by atoms with Crippen LogP contribution in [0.1, 0.15) is 66.7 Å². The van der Waals surface area contributed by atoms with Gasteiger partial charge in [0, 0.05) is 0 Å². The average Bonchev–Trinajstić information content (AvgIpc) is 2.72. The second-order valence-corrected chi connectivity index (χ2v) is 7.25. The van der Waals surface area contributed by atoms with Crippen molar-refractivity contribution in [2.45, 2.75) is 51.0 Å². The lowest BCUT2D eigenvalue weighted by molar-refractivity contribution is 0.148. The Morgan fingerprint density at radius 1 is 0.885 bits per heavy atom. The van der Waals surface area contributed by atoms with Crippen molar-refractivity contribution >= 4 is 6.08 Å². The molecule has 1 fully saturated rings. The smallest absolute Gasteiger partial charge is 0.0721 e. The molecule has 0 saturated heterocycles. The minimum Gasteiger partial charge on any atom is -0.373 e. The molecule has 136 valence electrons. The van der Waals surface area contributed by atoms with E-state index in [1.165, 1.54) is 47.9 Å². The summed E-state index contributed by atoms with van der Waals surface area (Å²) in [5.74, 6) is 1.42. The topological polar surface area (TPSA) is 9.23 Å². The average molecular weight is 347 g/mol. The largest absolute Gasteiger partial charge is 0.373 e. The molecule has 26 heavy (non-hydrogen) atoms. The van der Waals surface area contributed by atoms with Gasteiger partial charge in [0.15, 0.2) is 0 Å². The molecule has 2 aromatic carbocycles. The highest BCUT2D eigenvalue weighted by Crippen LogP contribution is 2.40. The Morgan fingerprint density at radius 3 is 1.92 bits per heavy atom. The third-order valence-corrected chi connectivity index (χ3v) is 5.54. The highest BCUT2D eigenvalue weighted by molar-refractivity contribution is 5.47. The van der Waals surface area contributed by atoms with E-state index in [2.05, 4.69) is 55.1 Å². The van der Waals surface area contributed by atoms with E-state index in [-0.39, 0.29) is 0 Å². The van der Waals surface area contributed by atoms with Crippen LogP contribution in [0.2, 0.25) is 0 Å². The van der Waals surface area contributed by atoms with Gasteiger partial charge in [0.05, 0.1) is 13.2 Å². The highest BCUT2D eigenvalue weighted by atomic mass is 16.5. The minimum absolute atomic E-state index is 0.691. The van der Waals surface area contributed by atoms with Crippen molar-refractivity contribution in [1.82, 2.24) is 0 Å². The van der Waals surface area contributed by atoms with Crippen LogP contribution in [0.15, 0.2) is 67.3 Å². The van der Waals surface area contributed by atoms with Crippen LogP contribution < -0.4 is 0 Å². The maximum absolute atomic E-state index is 5.63. The second-order valence-electron chi connectivity index (χ2n) is 7.25. The fraction of sp³-hybridized carbons (Fsp3) is 0.360. The van der Waals surface area contributed by atoms with Gasteiger partial charge < -0.3 is 4.74 Å². The van der Waals surface area contributed by atoms with Gasteiger partial charge in [-0.1, -0.05) is 73.3 Å². The summed E-state index contributed by atoms with van der Waals surface area (Å²) in [5.41, 5.74) is 5.44. The third-order valence-electron chi connectivity index (χ3n) is 5.54. The number of hydrogen-bond acceptors (Lipinski definition) is 1. The van der Waals surface area contributed by atoms with Crippen molar-refractivity contribution in [3.05, 3.63) is 89.5 Å². The van der Waals surface area contributed by atoms with E-state index in [1.54, 1.807) is 0 Å². The van der Waals surface area contributed by atoms with Gasteiger partial charge in [0.1, 0.15) is 0 Å². The fourth-order valence-corrected chi connectivity index (χ4v) is 3.89. The first kappa shape index (κ1) is 18.7. The van der Waals surface area contributed by atoms with E-state index in [4.69, 9.17) is 4.74 Å². The molecule has 0 radical (unpaired) electrons. The molecule has 0 heterocycles. The molecular formula is C25H30O. The van der Waals surface area contributed by atoms with Crippen molar-refractivity contribution in [1.29, 1.82) is 0 Å². The first-order chi connectivity index (χ1) is 12.8. The fourth-order valence-electron chi connectivity index (χ4n) is 3.89. The zero-order valence-corrected chi connectivity index (χ0v) is 15.9. The Bertz CT molecular complexity index is 701. The summed E-state index contributed by atoms with van der Waals surface area (Å²) in [6.07, 6.45) is 11.1. The number of rotatable bonds is 7. The normalized spacial score (nSPS) is 20.3. The molecule has 1 nitrogen and oxygen atoms in total. The molecule has 0 amide bonds. The van der Waals surface area contributed by atoms with E-state index in [0.29, 0.717) is 25.0 Å². The van der Waals surface area contributed by atoms with Gasteiger partial charge in [0.25, 0.3) is 0 Å². The Hall–Kier alpha value is -2.12. The van der Waals surface area contributed by atoms with Crippen LogP contribution in [0.4, 0.5) is 0 Å². The predicted molar refractivity (Wildman–Crippen MR) is 111 cm³/mol. The number of benzene rings is 2. The van der Waals surface area contributed by atoms with Crippen LogP contribution in [0.5, 0.6) is 0 Å². The Balaban J connectivity index is 1.51. The van der Waals surface area contributed by atoms with Crippen molar-refractivity contribution < 1.29 is 4.74 Å². The number of ether oxygens (including phenoxy) is 1. The second kappa shape index (κ2) is 9.54. The van der Waals surface area contributed by atoms with Crippen molar-refractivity contribution in [2.75, 3.05) is 6.61 Å². The molecule has 0 aromatic heterocycles. The molecule has 1 saturated carbocycles. The maximum Gasteiger partial charge on any atom is 0.0721 e. The molecule has 0 N–H and O–H groups in total. The number of allylic oxidation sites excluding steroid dienone is 1. The van der Waals surface area contributed by atoms with E-state index in [1.807, 2.05) is 25.2 Å².